The van der Waals surface area contributed by atoms with Crippen LogP contribution in [0, 0.1) is 0 Å². The van der Waals surface area contributed by atoms with Crippen LogP contribution in [0.25, 0.3) is 0 Å². The maximum atomic E-state index is 12.4. The third kappa shape index (κ3) is 4.41. The molecule has 1 aliphatic heterocycles. The summed E-state index contributed by atoms with van der Waals surface area (Å²) in [6, 6.07) is 1.39. The van der Waals surface area contributed by atoms with E-state index in [1.165, 1.54) is 38.5 Å². The van der Waals surface area contributed by atoms with Gasteiger partial charge in [0.2, 0.25) is 10.0 Å². The molecule has 3 aliphatic rings. The fourth-order valence-corrected chi connectivity index (χ4v) is 5.08. The zero-order valence-corrected chi connectivity index (χ0v) is 13.8. The average molecular weight is 315 g/mol. The van der Waals surface area contributed by atoms with E-state index in [0.29, 0.717) is 24.9 Å². The van der Waals surface area contributed by atoms with Crippen LogP contribution in [-0.2, 0) is 10.0 Å². The van der Waals surface area contributed by atoms with E-state index in [0.717, 1.165) is 32.1 Å². The monoisotopic (exact) mass is 315 g/mol. The van der Waals surface area contributed by atoms with Gasteiger partial charge in [-0.15, -0.1) is 0 Å². The van der Waals surface area contributed by atoms with Crippen LogP contribution in [0.3, 0.4) is 0 Å². The van der Waals surface area contributed by atoms with Crippen LogP contribution in [0.15, 0.2) is 0 Å². The molecule has 0 unspecified atom stereocenters. The zero-order chi connectivity index (χ0) is 14.7. The lowest BCUT2D eigenvalue weighted by atomic mass is 10.2. The third-order valence-electron chi connectivity index (χ3n) is 5.10. The Labute approximate surface area is 129 Å². The van der Waals surface area contributed by atoms with Crippen molar-refractivity contribution in [2.24, 2.45) is 0 Å². The van der Waals surface area contributed by atoms with Gasteiger partial charge in [-0.2, -0.15) is 4.31 Å². The molecular formula is C15H29N3O2S. The first kappa shape index (κ1) is 15.7. The SMILES string of the molecule is O=S(=O)(CCCNC1CC1)N1CCN(C2CCCC2)CC1. The van der Waals surface area contributed by atoms with Crippen molar-refractivity contribution < 1.29 is 8.42 Å². The molecule has 2 saturated carbocycles. The molecule has 5 nitrogen and oxygen atoms in total. The molecule has 3 fully saturated rings. The van der Waals surface area contributed by atoms with Gasteiger partial charge in [-0.1, -0.05) is 12.8 Å². The predicted molar refractivity (Wildman–Crippen MR) is 84.8 cm³/mol. The Morgan fingerprint density at radius 3 is 2.24 bits per heavy atom. The second-order valence-electron chi connectivity index (χ2n) is 6.77. The molecule has 1 N–H and O–H groups in total. The summed E-state index contributed by atoms with van der Waals surface area (Å²) in [7, 11) is -3.04. The molecule has 21 heavy (non-hydrogen) atoms. The Morgan fingerprint density at radius 2 is 1.62 bits per heavy atom. The second-order valence-corrected chi connectivity index (χ2v) is 8.86. The number of hydrogen-bond donors (Lipinski definition) is 1. The van der Waals surface area contributed by atoms with Gasteiger partial charge in [0.1, 0.15) is 0 Å². The summed E-state index contributed by atoms with van der Waals surface area (Å²) in [5.41, 5.74) is 0. The summed E-state index contributed by atoms with van der Waals surface area (Å²) >= 11 is 0. The van der Waals surface area contributed by atoms with Gasteiger partial charge < -0.3 is 5.32 Å². The van der Waals surface area contributed by atoms with Crippen LogP contribution in [0.5, 0.6) is 0 Å². The molecule has 0 spiro atoms. The molecule has 0 aromatic rings. The number of piperazine rings is 1. The summed E-state index contributed by atoms with van der Waals surface area (Å²) < 4.78 is 26.4. The van der Waals surface area contributed by atoms with Crippen LogP contribution in [-0.4, -0.2) is 68.2 Å². The largest absolute Gasteiger partial charge is 0.314 e. The molecule has 6 heteroatoms. The zero-order valence-electron chi connectivity index (χ0n) is 13.0. The Kier molecular flexibility index (Phi) is 5.19. The molecule has 0 aromatic carbocycles. The van der Waals surface area contributed by atoms with E-state index in [4.69, 9.17) is 0 Å². The van der Waals surface area contributed by atoms with Crippen LogP contribution < -0.4 is 5.32 Å². The lowest BCUT2D eigenvalue weighted by Gasteiger charge is -2.37. The summed E-state index contributed by atoms with van der Waals surface area (Å²) in [6.07, 6.45) is 8.56. The third-order valence-corrected chi connectivity index (χ3v) is 7.05. The second kappa shape index (κ2) is 6.94. The highest BCUT2D eigenvalue weighted by Crippen LogP contribution is 2.24. The first-order valence-corrected chi connectivity index (χ1v) is 10.2. The molecule has 1 saturated heterocycles. The van der Waals surface area contributed by atoms with E-state index in [1.54, 1.807) is 4.31 Å². The molecule has 0 amide bonds. The normalized spacial score (nSPS) is 26.5. The van der Waals surface area contributed by atoms with Crippen molar-refractivity contribution in [2.45, 2.75) is 57.0 Å². The maximum absolute atomic E-state index is 12.4. The van der Waals surface area contributed by atoms with Crippen molar-refractivity contribution >= 4 is 10.0 Å². The minimum atomic E-state index is -3.04. The van der Waals surface area contributed by atoms with Gasteiger partial charge in [0.15, 0.2) is 0 Å². The Morgan fingerprint density at radius 1 is 0.952 bits per heavy atom. The average Bonchev–Trinajstić information content (AvgIpc) is 3.15. The molecule has 0 radical (unpaired) electrons. The molecule has 1 heterocycles. The molecule has 0 bridgehead atoms. The lowest BCUT2D eigenvalue weighted by molar-refractivity contribution is 0.139. The summed E-state index contributed by atoms with van der Waals surface area (Å²) in [6.45, 7) is 4.06. The van der Waals surface area contributed by atoms with Crippen LogP contribution in [0.1, 0.15) is 44.9 Å². The van der Waals surface area contributed by atoms with E-state index < -0.39 is 10.0 Å². The van der Waals surface area contributed by atoms with Crippen molar-refractivity contribution in [1.29, 1.82) is 0 Å². The van der Waals surface area contributed by atoms with E-state index in [1.807, 2.05) is 0 Å². The Bertz CT molecular complexity index is 422. The highest BCUT2D eigenvalue weighted by atomic mass is 32.2. The van der Waals surface area contributed by atoms with Gasteiger partial charge in [0.25, 0.3) is 0 Å². The van der Waals surface area contributed by atoms with Gasteiger partial charge in [-0.05, 0) is 38.6 Å². The predicted octanol–water partition coefficient (Wildman–Crippen LogP) is 1.02. The minimum Gasteiger partial charge on any atom is -0.314 e. The van der Waals surface area contributed by atoms with Crippen molar-refractivity contribution in [3.63, 3.8) is 0 Å². The fraction of sp³-hybridized carbons (Fsp3) is 1.00. The lowest BCUT2D eigenvalue weighted by Crippen LogP contribution is -2.51. The molecule has 122 valence electrons. The number of sulfonamides is 1. The van der Waals surface area contributed by atoms with Crippen molar-refractivity contribution in [3.8, 4) is 0 Å². The van der Waals surface area contributed by atoms with Crippen molar-refractivity contribution in [2.75, 3.05) is 38.5 Å². The highest BCUT2D eigenvalue weighted by molar-refractivity contribution is 7.89. The molecule has 2 aliphatic carbocycles. The fourth-order valence-electron chi connectivity index (χ4n) is 3.59. The Hall–Kier alpha value is -0.170. The molecule has 0 atom stereocenters. The summed E-state index contributed by atoms with van der Waals surface area (Å²) in [5.74, 6) is 0.302. The maximum Gasteiger partial charge on any atom is 0.214 e. The van der Waals surface area contributed by atoms with E-state index in [9.17, 15) is 8.42 Å². The summed E-state index contributed by atoms with van der Waals surface area (Å²) in [5, 5.41) is 3.39. The van der Waals surface area contributed by atoms with E-state index in [-0.39, 0.29) is 0 Å². The topological polar surface area (TPSA) is 52.7 Å². The first-order valence-electron chi connectivity index (χ1n) is 8.60. The Balaban J connectivity index is 1.39. The molecule has 0 aromatic heterocycles. The first-order chi connectivity index (χ1) is 10.1. The molecular weight excluding hydrogens is 286 g/mol. The van der Waals surface area contributed by atoms with Crippen molar-refractivity contribution in [3.05, 3.63) is 0 Å². The number of nitrogens with one attached hydrogen (secondary N) is 1. The van der Waals surface area contributed by atoms with Gasteiger partial charge in [-0.25, -0.2) is 8.42 Å². The van der Waals surface area contributed by atoms with Crippen molar-refractivity contribution in [1.82, 2.24) is 14.5 Å². The summed E-state index contributed by atoms with van der Waals surface area (Å²) in [4.78, 5) is 2.51. The van der Waals surface area contributed by atoms with Gasteiger partial charge in [0, 0.05) is 38.3 Å². The van der Waals surface area contributed by atoms with E-state index >= 15 is 0 Å². The van der Waals surface area contributed by atoms with Crippen LogP contribution >= 0.6 is 0 Å². The highest BCUT2D eigenvalue weighted by Gasteiger charge is 2.30. The van der Waals surface area contributed by atoms with Gasteiger partial charge in [0.05, 0.1) is 5.75 Å². The number of hydrogen-bond acceptors (Lipinski definition) is 4. The minimum absolute atomic E-state index is 0.302. The quantitative estimate of drug-likeness (QED) is 0.713. The number of nitrogens with zero attached hydrogens (tertiary/aromatic N) is 2. The molecule has 3 rings (SSSR count). The van der Waals surface area contributed by atoms with E-state index in [2.05, 4.69) is 10.2 Å². The van der Waals surface area contributed by atoms with Gasteiger partial charge >= 0.3 is 0 Å². The smallest absolute Gasteiger partial charge is 0.214 e. The number of rotatable bonds is 7. The van der Waals surface area contributed by atoms with Crippen LogP contribution in [0.2, 0.25) is 0 Å². The van der Waals surface area contributed by atoms with Gasteiger partial charge in [-0.3, -0.25) is 4.90 Å². The standard InChI is InChI=1S/C15H29N3O2S/c19-21(20,13-3-8-16-14-6-7-14)18-11-9-17(10-12-18)15-4-1-2-5-15/h14-16H,1-13H2. The van der Waals surface area contributed by atoms with Crippen LogP contribution in [0.4, 0.5) is 0 Å².